The molecule has 17 heavy (non-hydrogen) atoms. The summed E-state index contributed by atoms with van der Waals surface area (Å²) >= 11 is 2.05. The van der Waals surface area contributed by atoms with E-state index in [-0.39, 0.29) is 0 Å². The van der Waals surface area contributed by atoms with Crippen molar-refractivity contribution in [3.05, 3.63) is 23.9 Å². The fourth-order valence-corrected chi connectivity index (χ4v) is 2.87. The molecule has 1 fully saturated rings. The lowest BCUT2D eigenvalue weighted by molar-refractivity contribution is 0.294. The molecule has 0 atom stereocenters. The van der Waals surface area contributed by atoms with E-state index in [1.54, 1.807) is 0 Å². The number of aromatic nitrogens is 1. The molecule has 1 aliphatic heterocycles. The van der Waals surface area contributed by atoms with E-state index in [1.807, 2.05) is 6.20 Å². The van der Waals surface area contributed by atoms with Crippen molar-refractivity contribution in [3.63, 3.8) is 0 Å². The molecular weight excluding hydrogens is 230 g/mol. The lowest BCUT2D eigenvalue weighted by atomic mass is 10.2. The van der Waals surface area contributed by atoms with Crippen LogP contribution in [0.15, 0.2) is 18.3 Å². The average Bonchev–Trinajstić information content (AvgIpc) is 2.39. The van der Waals surface area contributed by atoms with Gasteiger partial charge >= 0.3 is 0 Å². The van der Waals surface area contributed by atoms with Crippen LogP contribution in [0, 0.1) is 0 Å². The molecule has 94 valence electrons. The Morgan fingerprint density at radius 2 is 2.18 bits per heavy atom. The summed E-state index contributed by atoms with van der Waals surface area (Å²) in [5.74, 6) is 3.53. The Morgan fingerprint density at radius 1 is 1.35 bits per heavy atom. The van der Waals surface area contributed by atoms with Crippen LogP contribution >= 0.6 is 11.8 Å². The lowest BCUT2D eigenvalue weighted by Crippen LogP contribution is -2.31. The molecule has 4 heteroatoms. The van der Waals surface area contributed by atoms with Gasteiger partial charge in [0.15, 0.2) is 0 Å². The molecule has 1 saturated heterocycles. The van der Waals surface area contributed by atoms with E-state index < -0.39 is 0 Å². The van der Waals surface area contributed by atoms with Crippen LogP contribution in [0.1, 0.15) is 18.9 Å². The van der Waals surface area contributed by atoms with Gasteiger partial charge in [-0.25, -0.2) is 4.98 Å². The van der Waals surface area contributed by atoms with Crippen LogP contribution < -0.4 is 5.32 Å². The summed E-state index contributed by atoms with van der Waals surface area (Å²) in [6.45, 7) is 6.62. The predicted octanol–water partition coefficient (Wildman–Crippen LogP) is 2.45. The van der Waals surface area contributed by atoms with Gasteiger partial charge in [-0.3, -0.25) is 4.90 Å². The summed E-state index contributed by atoms with van der Waals surface area (Å²) in [6.07, 6.45) is 3.13. The summed E-state index contributed by atoms with van der Waals surface area (Å²) in [6, 6.07) is 4.27. The quantitative estimate of drug-likeness (QED) is 0.870. The minimum atomic E-state index is 0.991. The largest absolute Gasteiger partial charge is 0.370 e. The number of nitrogens with one attached hydrogen (secondary N) is 1. The Morgan fingerprint density at radius 3 is 2.82 bits per heavy atom. The zero-order valence-electron chi connectivity index (χ0n) is 10.5. The van der Waals surface area contributed by atoms with Crippen LogP contribution in [0.3, 0.4) is 0 Å². The van der Waals surface area contributed by atoms with Gasteiger partial charge in [0.2, 0.25) is 0 Å². The van der Waals surface area contributed by atoms with Gasteiger partial charge in [0.1, 0.15) is 5.82 Å². The average molecular weight is 251 g/mol. The lowest BCUT2D eigenvalue weighted by Gasteiger charge is -2.25. The molecular formula is C13H21N3S. The molecule has 1 aliphatic rings. The number of nitrogens with zero attached hydrogens (tertiary/aromatic N) is 2. The molecule has 3 nitrogen and oxygen atoms in total. The fourth-order valence-electron chi connectivity index (χ4n) is 1.89. The first-order chi connectivity index (χ1) is 8.38. The Hall–Kier alpha value is -0.740. The molecule has 0 spiro atoms. The van der Waals surface area contributed by atoms with Gasteiger partial charge in [-0.1, -0.05) is 13.0 Å². The van der Waals surface area contributed by atoms with E-state index in [0.29, 0.717) is 0 Å². The maximum atomic E-state index is 4.44. The number of hydrogen-bond acceptors (Lipinski definition) is 4. The van der Waals surface area contributed by atoms with Crippen LogP contribution in [0.25, 0.3) is 0 Å². The molecule has 0 unspecified atom stereocenters. The maximum Gasteiger partial charge on any atom is 0.125 e. The van der Waals surface area contributed by atoms with E-state index in [1.165, 1.54) is 30.2 Å². The SMILES string of the molecule is CCCNc1ccc(CN2CCSCC2)cn1. The Labute approximate surface area is 108 Å². The van der Waals surface area contributed by atoms with Gasteiger partial charge in [-0.05, 0) is 18.1 Å². The topological polar surface area (TPSA) is 28.2 Å². The van der Waals surface area contributed by atoms with Gasteiger partial charge in [0.05, 0.1) is 0 Å². The van der Waals surface area contributed by atoms with Crippen molar-refractivity contribution in [2.75, 3.05) is 36.5 Å². The van der Waals surface area contributed by atoms with E-state index in [2.05, 4.69) is 46.0 Å². The van der Waals surface area contributed by atoms with Gasteiger partial charge in [-0.15, -0.1) is 0 Å². The molecule has 0 amide bonds. The predicted molar refractivity (Wildman–Crippen MR) is 75.6 cm³/mol. The van der Waals surface area contributed by atoms with E-state index >= 15 is 0 Å². The Kier molecular flexibility index (Phi) is 5.13. The van der Waals surface area contributed by atoms with Crippen molar-refractivity contribution in [2.45, 2.75) is 19.9 Å². The summed E-state index contributed by atoms with van der Waals surface area (Å²) in [7, 11) is 0. The van der Waals surface area contributed by atoms with Crippen LogP contribution in [0.2, 0.25) is 0 Å². The van der Waals surface area contributed by atoms with E-state index in [4.69, 9.17) is 0 Å². The number of thioether (sulfide) groups is 1. The highest BCUT2D eigenvalue weighted by molar-refractivity contribution is 7.99. The summed E-state index contributed by atoms with van der Waals surface area (Å²) in [4.78, 5) is 6.95. The van der Waals surface area contributed by atoms with Gasteiger partial charge in [0.25, 0.3) is 0 Å². The molecule has 0 saturated carbocycles. The molecule has 1 N–H and O–H groups in total. The molecule has 0 aromatic carbocycles. The number of rotatable bonds is 5. The number of hydrogen-bond donors (Lipinski definition) is 1. The van der Waals surface area contributed by atoms with Crippen LogP contribution in [0.5, 0.6) is 0 Å². The minimum absolute atomic E-state index is 0.991. The second-order valence-corrected chi connectivity index (χ2v) is 5.59. The van der Waals surface area contributed by atoms with Crippen LogP contribution in [-0.2, 0) is 6.54 Å². The molecule has 2 heterocycles. The summed E-state index contributed by atoms with van der Waals surface area (Å²) in [5.41, 5.74) is 1.32. The Balaban J connectivity index is 1.84. The summed E-state index contributed by atoms with van der Waals surface area (Å²) < 4.78 is 0. The maximum absolute atomic E-state index is 4.44. The monoisotopic (exact) mass is 251 g/mol. The molecule has 0 aliphatic carbocycles. The van der Waals surface area contributed by atoms with Gasteiger partial charge in [-0.2, -0.15) is 11.8 Å². The first-order valence-electron chi connectivity index (χ1n) is 6.37. The van der Waals surface area contributed by atoms with Crippen molar-refractivity contribution < 1.29 is 0 Å². The van der Waals surface area contributed by atoms with Crippen molar-refractivity contribution in [1.29, 1.82) is 0 Å². The van der Waals surface area contributed by atoms with Gasteiger partial charge < -0.3 is 5.32 Å². The first kappa shape index (κ1) is 12.7. The number of anilines is 1. The number of pyridine rings is 1. The first-order valence-corrected chi connectivity index (χ1v) is 7.53. The van der Waals surface area contributed by atoms with Crippen molar-refractivity contribution in [3.8, 4) is 0 Å². The molecule has 0 radical (unpaired) electrons. The van der Waals surface area contributed by atoms with Crippen molar-refractivity contribution >= 4 is 17.6 Å². The zero-order chi connectivity index (χ0) is 11.9. The second kappa shape index (κ2) is 6.87. The van der Waals surface area contributed by atoms with Crippen LogP contribution in [-0.4, -0.2) is 41.0 Å². The zero-order valence-corrected chi connectivity index (χ0v) is 11.3. The third-order valence-corrected chi connectivity index (χ3v) is 3.83. The minimum Gasteiger partial charge on any atom is -0.370 e. The molecule has 1 aromatic heterocycles. The highest BCUT2D eigenvalue weighted by Crippen LogP contribution is 2.13. The molecule has 0 bridgehead atoms. The fraction of sp³-hybridized carbons (Fsp3) is 0.615. The molecule has 1 aromatic rings. The molecule has 2 rings (SSSR count). The normalized spacial score (nSPS) is 17.0. The standard InChI is InChI=1S/C13H21N3S/c1-2-5-14-13-4-3-12(10-15-13)11-16-6-8-17-9-7-16/h3-4,10H,2,5-9,11H2,1H3,(H,14,15). The third-order valence-electron chi connectivity index (χ3n) is 2.89. The second-order valence-electron chi connectivity index (χ2n) is 4.37. The summed E-state index contributed by atoms with van der Waals surface area (Å²) in [5, 5.41) is 3.30. The van der Waals surface area contributed by atoms with E-state index in [0.717, 1.165) is 25.3 Å². The van der Waals surface area contributed by atoms with Crippen molar-refractivity contribution in [2.24, 2.45) is 0 Å². The highest BCUT2D eigenvalue weighted by atomic mass is 32.2. The van der Waals surface area contributed by atoms with Crippen molar-refractivity contribution in [1.82, 2.24) is 9.88 Å². The third kappa shape index (κ3) is 4.21. The van der Waals surface area contributed by atoms with Gasteiger partial charge in [0, 0.05) is 43.9 Å². The van der Waals surface area contributed by atoms with E-state index in [9.17, 15) is 0 Å². The van der Waals surface area contributed by atoms with Crippen LogP contribution in [0.4, 0.5) is 5.82 Å². The Bertz CT molecular complexity index is 320. The smallest absolute Gasteiger partial charge is 0.125 e. The highest BCUT2D eigenvalue weighted by Gasteiger charge is 2.10.